The Bertz CT molecular complexity index is 1450. The molecule has 9 heteroatoms. The Morgan fingerprint density at radius 3 is 2.31 bits per heavy atom. The topological polar surface area (TPSA) is 109 Å². The van der Waals surface area contributed by atoms with Gasteiger partial charge in [-0.1, -0.05) is 66.2 Å². The number of hydrogen-bond acceptors (Lipinski definition) is 5. The summed E-state index contributed by atoms with van der Waals surface area (Å²) in [5, 5.41) is 21.5. The van der Waals surface area contributed by atoms with E-state index in [2.05, 4.69) is 20.9 Å². The van der Waals surface area contributed by atoms with Crippen LogP contribution in [0.2, 0.25) is 5.15 Å². The van der Waals surface area contributed by atoms with E-state index in [1.807, 2.05) is 30.3 Å². The fourth-order valence-corrected chi connectivity index (χ4v) is 3.64. The Morgan fingerprint density at radius 2 is 1.61 bits per heavy atom. The standard InChI is InChI=1S/C27H22ClN5O3/c1-18-22(25(28)33(32-18)21-13-6-3-7-14-21)17-29-31-27(36)23(16-20-12-8-9-15-24(20)34)30-26(35)19-10-4-2-5-11-19/h2-17,34H,1H3,(H,30,35)(H,31,36)/b23-16-,29-17-. The van der Waals surface area contributed by atoms with Gasteiger partial charge < -0.3 is 10.4 Å². The molecule has 0 spiro atoms. The zero-order valence-electron chi connectivity index (χ0n) is 19.2. The first-order valence-corrected chi connectivity index (χ1v) is 11.3. The molecule has 1 heterocycles. The predicted octanol–water partition coefficient (Wildman–Crippen LogP) is 4.46. The highest BCUT2D eigenvalue weighted by atomic mass is 35.5. The van der Waals surface area contributed by atoms with Gasteiger partial charge in [0.15, 0.2) is 0 Å². The molecule has 0 fully saturated rings. The molecule has 180 valence electrons. The number of aryl methyl sites for hydroxylation is 1. The Labute approximate surface area is 212 Å². The van der Waals surface area contributed by atoms with Crippen LogP contribution in [0.3, 0.4) is 0 Å². The number of hydrogen-bond donors (Lipinski definition) is 3. The van der Waals surface area contributed by atoms with Gasteiger partial charge in [0.05, 0.1) is 23.2 Å². The van der Waals surface area contributed by atoms with Gasteiger partial charge in [0.2, 0.25) is 0 Å². The second-order valence-corrected chi connectivity index (χ2v) is 8.03. The van der Waals surface area contributed by atoms with Crippen molar-refractivity contribution in [1.82, 2.24) is 20.5 Å². The predicted molar refractivity (Wildman–Crippen MR) is 139 cm³/mol. The van der Waals surface area contributed by atoms with Gasteiger partial charge in [0.25, 0.3) is 11.8 Å². The quantitative estimate of drug-likeness (QED) is 0.198. The third kappa shape index (κ3) is 5.68. The number of carbonyl (C=O) groups is 2. The number of hydrazone groups is 1. The number of benzene rings is 3. The summed E-state index contributed by atoms with van der Waals surface area (Å²) in [4.78, 5) is 25.7. The number of rotatable bonds is 7. The molecule has 36 heavy (non-hydrogen) atoms. The molecule has 2 amide bonds. The lowest BCUT2D eigenvalue weighted by molar-refractivity contribution is -0.117. The Kier molecular flexibility index (Phi) is 7.57. The van der Waals surface area contributed by atoms with Gasteiger partial charge in [-0.2, -0.15) is 10.2 Å². The monoisotopic (exact) mass is 499 g/mol. The minimum absolute atomic E-state index is 0.0454. The molecule has 0 saturated heterocycles. The Morgan fingerprint density at radius 1 is 0.972 bits per heavy atom. The molecule has 0 bridgehead atoms. The summed E-state index contributed by atoms with van der Waals surface area (Å²) in [6.45, 7) is 1.78. The summed E-state index contributed by atoms with van der Waals surface area (Å²) in [5.74, 6) is -1.22. The number of aromatic hydroxyl groups is 1. The van der Waals surface area contributed by atoms with Crippen LogP contribution in [0.25, 0.3) is 11.8 Å². The molecule has 0 aliphatic carbocycles. The van der Waals surface area contributed by atoms with Crippen molar-refractivity contribution < 1.29 is 14.7 Å². The van der Waals surface area contributed by atoms with Crippen LogP contribution < -0.4 is 10.7 Å². The lowest BCUT2D eigenvalue weighted by Gasteiger charge is -2.09. The molecular formula is C27H22ClN5O3. The van der Waals surface area contributed by atoms with Crippen molar-refractivity contribution in [3.05, 3.63) is 118 Å². The molecule has 0 saturated carbocycles. The molecule has 8 nitrogen and oxygen atoms in total. The van der Waals surface area contributed by atoms with Gasteiger partial charge in [-0.05, 0) is 43.3 Å². The van der Waals surface area contributed by atoms with Gasteiger partial charge in [0.1, 0.15) is 16.6 Å². The zero-order valence-corrected chi connectivity index (χ0v) is 20.0. The Balaban J connectivity index is 1.57. The first kappa shape index (κ1) is 24.4. The molecule has 4 aromatic rings. The number of amides is 2. The summed E-state index contributed by atoms with van der Waals surface area (Å²) >= 11 is 6.50. The van der Waals surface area contributed by atoms with Crippen molar-refractivity contribution in [3.8, 4) is 11.4 Å². The minimum Gasteiger partial charge on any atom is -0.507 e. The molecule has 0 aliphatic heterocycles. The molecule has 3 N–H and O–H groups in total. The van der Waals surface area contributed by atoms with E-state index in [9.17, 15) is 14.7 Å². The van der Waals surface area contributed by atoms with Gasteiger partial charge in [0, 0.05) is 11.1 Å². The Hall–Kier alpha value is -4.69. The second-order valence-electron chi connectivity index (χ2n) is 7.67. The highest BCUT2D eigenvalue weighted by Gasteiger charge is 2.16. The van der Waals surface area contributed by atoms with E-state index in [0.29, 0.717) is 27.5 Å². The zero-order chi connectivity index (χ0) is 25.5. The SMILES string of the molecule is Cc1nn(-c2ccccc2)c(Cl)c1/C=N\NC(=O)/C(=C/c1ccccc1O)NC(=O)c1ccccc1. The number of para-hydroxylation sites is 2. The average Bonchev–Trinajstić information content (AvgIpc) is 3.19. The maximum atomic E-state index is 13.0. The van der Waals surface area contributed by atoms with Gasteiger partial charge in [-0.25, -0.2) is 10.1 Å². The minimum atomic E-state index is -0.692. The number of nitrogens with one attached hydrogen (secondary N) is 2. The van der Waals surface area contributed by atoms with Crippen LogP contribution in [0.15, 0.2) is 95.7 Å². The van der Waals surface area contributed by atoms with Crippen LogP contribution in [-0.4, -0.2) is 32.9 Å². The van der Waals surface area contributed by atoms with Crippen LogP contribution in [0.4, 0.5) is 0 Å². The molecule has 3 aromatic carbocycles. The maximum absolute atomic E-state index is 13.0. The highest BCUT2D eigenvalue weighted by molar-refractivity contribution is 6.32. The van der Waals surface area contributed by atoms with E-state index in [1.54, 1.807) is 60.1 Å². The number of nitrogens with zero attached hydrogens (tertiary/aromatic N) is 3. The lowest BCUT2D eigenvalue weighted by atomic mass is 10.1. The van der Waals surface area contributed by atoms with Crippen molar-refractivity contribution >= 4 is 35.7 Å². The van der Waals surface area contributed by atoms with E-state index in [4.69, 9.17) is 11.6 Å². The summed E-state index contributed by atoms with van der Waals surface area (Å²) in [5.41, 5.74) is 4.94. The number of phenols is 1. The normalized spacial score (nSPS) is 11.4. The number of aromatic nitrogens is 2. The molecular weight excluding hydrogens is 478 g/mol. The van der Waals surface area contributed by atoms with Crippen molar-refractivity contribution in [2.75, 3.05) is 0 Å². The van der Waals surface area contributed by atoms with Crippen LogP contribution in [0.5, 0.6) is 5.75 Å². The van der Waals surface area contributed by atoms with Crippen LogP contribution in [0, 0.1) is 6.92 Å². The first-order chi connectivity index (χ1) is 17.4. The van der Waals surface area contributed by atoms with Gasteiger partial charge in [-0.15, -0.1) is 0 Å². The first-order valence-electron chi connectivity index (χ1n) is 10.9. The molecule has 1 aromatic heterocycles. The highest BCUT2D eigenvalue weighted by Crippen LogP contribution is 2.22. The molecule has 0 aliphatic rings. The lowest BCUT2D eigenvalue weighted by Crippen LogP contribution is -2.32. The number of halogens is 1. The second kappa shape index (κ2) is 11.2. The van der Waals surface area contributed by atoms with Crippen molar-refractivity contribution in [1.29, 1.82) is 0 Å². The van der Waals surface area contributed by atoms with Crippen molar-refractivity contribution in [3.63, 3.8) is 0 Å². The fraction of sp³-hybridized carbons (Fsp3) is 0.0370. The number of phenolic OH excluding ortho intramolecular Hbond substituents is 1. The van der Waals surface area contributed by atoms with Crippen LogP contribution >= 0.6 is 11.6 Å². The summed E-state index contributed by atoms with van der Waals surface area (Å²) < 4.78 is 1.57. The molecule has 0 unspecified atom stereocenters. The largest absolute Gasteiger partial charge is 0.507 e. The molecule has 0 atom stereocenters. The van der Waals surface area contributed by atoms with Crippen molar-refractivity contribution in [2.45, 2.75) is 6.92 Å². The summed E-state index contributed by atoms with van der Waals surface area (Å²) in [7, 11) is 0. The van der Waals surface area contributed by atoms with E-state index >= 15 is 0 Å². The van der Waals surface area contributed by atoms with Crippen molar-refractivity contribution in [2.24, 2.45) is 5.10 Å². The average molecular weight is 500 g/mol. The third-order valence-electron chi connectivity index (χ3n) is 5.17. The van der Waals surface area contributed by atoms with E-state index in [1.165, 1.54) is 18.4 Å². The van der Waals surface area contributed by atoms with E-state index in [-0.39, 0.29) is 11.4 Å². The van der Waals surface area contributed by atoms with Gasteiger partial charge in [-0.3, -0.25) is 9.59 Å². The third-order valence-corrected chi connectivity index (χ3v) is 5.54. The molecule has 0 radical (unpaired) electrons. The van der Waals surface area contributed by atoms with Crippen LogP contribution in [0.1, 0.15) is 27.2 Å². The summed E-state index contributed by atoms with van der Waals surface area (Å²) in [6.07, 6.45) is 2.76. The smallest absolute Gasteiger partial charge is 0.287 e. The number of carbonyl (C=O) groups excluding carboxylic acids is 2. The molecule has 4 rings (SSSR count). The van der Waals surface area contributed by atoms with E-state index < -0.39 is 11.8 Å². The summed E-state index contributed by atoms with van der Waals surface area (Å²) in [6, 6.07) is 24.3. The van der Waals surface area contributed by atoms with E-state index in [0.717, 1.165) is 5.69 Å². The maximum Gasteiger partial charge on any atom is 0.287 e. The fourth-order valence-electron chi connectivity index (χ4n) is 3.32. The van der Waals surface area contributed by atoms with Gasteiger partial charge >= 0.3 is 0 Å². The van der Waals surface area contributed by atoms with Crippen LogP contribution in [-0.2, 0) is 4.79 Å².